The lowest BCUT2D eigenvalue weighted by Gasteiger charge is -2.25. The Labute approximate surface area is 140 Å². The first kappa shape index (κ1) is 15.4. The van der Waals surface area contributed by atoms with Crippen LogP contribution in [0, 0.1) is 11.6 Å². The van der Waals surface area contributed by atoms with Crippen molar-refractivity contribution >= 4 is 5.69 Å². The van der Waals surface area contributed by atoms with Gasteiger partial charge in [-0.3, -0.25) is 0 Å². The zero-order chi connectivity index (χ0) is 16.5. The molecule has 0 N–H and O–H groups in total. The summed E-state index contributed by atoms with van der Waals surface area (Å²) in [6, 6.07) is 8.07. The number of anilines is 1. The molecule has 0 unspecified atom stereocenters. The Morgan fingerprint density at radius 3 is 2.33 bits per heavy atom. The van der Waals surface area contributed by atoms with Crippen LogP contribution in [0.25, 0.3) is 11.3 Å². The summed E-state index contributed by atoms with van der Waals surface area (Å²) in [6.45, 7) is 1.41. The summed E-state index contributed by atoms with van der Waals surface area (Å²) in [7, 11) is 0. The van der Waals surface area contributed by atoms with Gasteiger partial charge in [0.05, 0.1) is 5.69 Å². The molecule has 3 nitrogen and oxygen atoms in total. The van der Waals surface area contributed by atoms with Crippen molar-refractivity contribution in [2.24, 2.45) is 0 Å². The molecule has 4 rings (SSSR count). The predicted octanol–water partition coefficient (Wildman–Crippen LogP) is 4.56. The summed E-state index contributed by atoms with van der Waals surface area (Å²) < 4.78 is 34.7. The van der Waals surface area contributed by atoms with E-state index in [0.29, 0.717) is 30.2 Å². The molecule has 0 bridgehead atoms. The Hall–Kier alpha value is -2.17. The van der Waals surface area contributed by atoms with Gasteiger partial charge < -0.3 is 9.64 Å². The van der Waals surface area contributed by atoms with Gasteiger partial charge in [0, 0.05) is 24.7 Å². The second-order valence-corrected chi connectivity index (χ2v) is 6.51. The fourth-order valence-electron chi connectivity index (χ4n) is 3.26. The number of hydrogen-bond acceptors (Lipinski definition) is 3. The van der Waals surface area contributed by atoms with Crippen molar-refractivity contribution in [1.82, 2.24) is 4.98 Å². The monoisotopic (exact) mass is 330 g/mol. The van der Waals surface area contributed by atoms with Gasteiger partial charge in [0.25, 0.3) is 0 Å². The third-order valence-corrected chi connectivity index (χ3v) is 4.80. The lowest BCUT2D eigenvalue weighted by Crippen LogP contribution is -2.24. The fraction of sp³-hybridized carbons (Fsp3) is 0.421. The number of aromatic nitrogens is 1. The molecule has 2 fully saturated rings. The van der Waals surface area contributed by atoms with Crippen molar-refractivity contribution in [3.63, 3.8) is 0 Å². The maximum atomic E-state index is 14.5. The molecule has 2 heterocycles. The Morgan fingerprint density at radius 1 is 1.00 bits per heavy atom. The largest absolute Gasteiger partial charge is 0.474 e. The van der Waals surface area contributed by atoms with Crippen molar-refractivity contribution in [2.75, 3.05) is 18.0 Å². The van der Waals surface area contributed by atoms with Crippen LogP contribution in [-0.4, -0.2) is 24.2 Å². The van der Waals surface area contributed by atoms with Crippen LogP contribution in [0.5, 0.6) is 5.88 Å². The minimum Gasteiger partial charge on any atom is -0.474 e. The Bertz CT molecular complexity index is 717. The Balaban J connectivity index is 1.62. The maximum Gasteiger partial charge on any atom is 0.214 e. The number of nitrogens with zero attached hydrogens (tertiary/aromatic N) is 2. The van der Waals surface area contributed by atoms with Crippen molar-refractivity contribution in [2.45, 2.75) is 38.2 Å². The van der Waals surface area contributed by atoms with Gasteiger partial charge in [-0.05, 0) is 50.3 Å². The molecule has 0 radical (unpaired) electrons. The Kier molecular flexibility index (Phi) is 4.08. The van der Waals surface area contributed by atoms with Gasteiger partial charge in [0.15, 0.2) is 0 Å². The number of ether oxygens (including phenoxy) is 1. The van der Waals surface area contributed by atoms with Crippen molar-refractivity contribution in [3.05, 3.63) is 42.0 Å². The molecule has 0 amide bonds. The molecule has 1 saturated heterocycles. The predicted molar refractivity (Wildman–Crippen MR) is 89.3 cm³/mol. The first-order chi connectivity index (χ1) is 11.7. The maximum absolute atomic E-state index is 14.5. The molecule has 126 valence electrons. The summed E-state index contributed by atoms with van der Waals surface area (Å²) in [6.07, 6.45) is 5.43. The van der Waals surface area contributed by atoms with Crippen molar-refractivity contribution < 1.29 is 13.5 Å². The molecular formula is C19H20F2N2O. The molecule has 2 aliphatic rings. The quantitative estimate of drug-likeness (QED) is 0.822. The summed E-state index contributed by atoms with van der Waals surface area (Å²) in [5, 5.41) is 0. The summed E-state index contributed by atoms with van der Waals surface area (Å²) >= 11 is 0. The Morgan fingerprint density at radius 2 is 1.71 bits per heavy atom. The van der Waals surface area contributed by atoms with E-state index in [0.717, 1.165) is 25.7 Å². The van der Waals surface area contributed by atoms with E-state index in [4.69, 9.17) is 4.74 Å². The van der Waals surface area contributed by atoms with E-state index in [9.17, 15) is 8.78 Å². The van der Waals surface area contributed by atoms with Gasteiger partial charge in [-0.25, -0.2) is 13.8 Å². The third kappa shape index (κ3) is 2.95. The molecule has 1 aromatic heterocycles. The minimum atomic E-state index is -0.529. The van der Waals surface area contributed by atoms with Crippen LogP contribution in [0.3, 0.4) is 0 Å². The van der Waals surface area contributed by atoms with E-state index in [2.05, 4.69) is 4.98 Å². The van der Waals surface area contributed by atoms with E-state index in [-0.39, 0.29) is 11.8 Å². The highest BCUT2D eigenvalue weighted by atomic mass is 19.1. The summed E-state index contributed by atoms with van der Waals surface area (Å²) in [5.74, 6) is -0.542. The minimum absolute atomic E-state index is 0.0816. The SMILES string of the molecule is Fc1cc(-c2cccc(OC3CCC3)n2)cc(F)c1N1CCCC1. The highest BCUT2D eigenvalue weighted by molar-refractivity contribution is 5.65. The van der Waals surface area contributed by atoms with E-state index >= 15 is 0 Å². The first-order valence-corrected chi connectivity index (χ1v) is 8.59. The number of benzene rings is 1. The molecule has 0 spiro atoms. The smallest absolute Gasteiger partial charge is 0.214 e. The van der Waals surface area contributed by atoms with Crippen LogP contribution in [-0.2, 0) is 0 Å². The van der Waals surface area contributed by atoms with Gasteiger partial charge in [0.1, 0.15) is 23.4 Å². The van der Waals surface area contributed by atoms with Gasteiger partial charge >= 0.3 is 0 Å². The highest BCUT2D eigenvalue weighted by Gasteiger charge is 2.22. The molecular weight excluding hydrogens is 310 g/mol. The first-order valence-electron chi connectivity index (χ1n) is 8.59. The molecule has 5 heteroatoms. The summed E-state index contributed by atoms with van der Waals surface area (Å²) in [4.78, 5) is 6.18. The van der Waals surface area contributed by atoms with Gasteiger partial charge in [-0.1, -0.05) is 6.07 Å². The molecule has 24 heavy (non-hydrogen) atoms. The van der Waals surface area contributed by atoms with Gasteiger partial charge in [0.2, 0.25) is 5.88 Å². The fourth-order valence-corrected chi connectivity index (χ4v) is 3.26. The zero-order valence-electron chi connectivity index (χ0n) is 13.5. The second kappa shape index (κ2) is 6.38. The number of rotatable bonds is 4. The molecule has 1 saturated carbocycles. The molecule has 1 aliphatic carbocycles. The van der Waals surface area contributed by atoms with E-state index in [1.165, 1.54) is 18.6 Å². The van der Waals surface area contributed by atoms with Crippen LogP contribution < -0.4 is 9.64 Å². The van der Waals surface area contributed by atoms with Crippen LogP contribution in [0.2, 0.25) is 0 Å². The standard InChI is InChI=1S/C19H20F2N2O/c20-15-11-13(12-16(21)19(15)23-9-1-2-10-23)17-7-4-8-18(22-17)24-14-5-3-6-14/h4,7-8,11-12,14H,1-3,5-6,9-10H2. The summed E-state index contributed by atoms with van der Waals surface area (Å²) in [5.41, 5.74) is 1.04. The van der Waals surface area contributed by atoms with E-state index < -0.39 is 11.6 Å². The molecule has 0 atom stereocenters. The van der Waals surface area contributed by atoms with Crippen LogP contribution >= 0.6 is 0 Å². The van der Waals surface area contributed by atoms with E-state index in [1.807, 2.05) is 0 Å². The third-order valence-electron chi connectivity index (χ3n) is 4.80. The lowest BCUT2D eigenvalue weighted by molar-refractivity contribution is 0.115. The number of halogens is 2. The van der Waals surface area contributed by atoms with E-state index in [1.54, 1.807) is 23.1 Å². The average molecular weight is 330 g/mol. The number of hydrogen-bond donors (Lipinski definition) is 0. The number of pyridine rings is 1. The van der Waals surface area contributed by atoms with Crippen LogP contribution in [0.15, 0.2) is 30.3 Å². The van der Waals surface area contributed by atoms with Crippen molar-refractivity contribution in [1.29, 1.82) is 0 Å². The van der Waals surface area contributed by atoms with Crippen LogP contribution in [0.4, 0.5) is 14.5 Å². The van der Waals surface area contributed by atoms with Crippen molar-refractivity contribution in [3.8, 4) is 17.1 Å². The molecule has 1 aliphatic heterocycles. The topological polar surface area (TPSA) is 25.4 Å². The van der Waals surface area contributed by atoms with Gasteiger partial charge in [-0.2, -0.15) is 0 Å². The second-order valence-electron chi connectivity index (χ2n) is 6.51. The normalized spacial score (nSPS) is 17.8. The molecule has 1 aromatic carbocycles. The van der Waals surface area contributed by atoms with Gasteiger partial charge in [-0.15, -0.1) is 0 Å². The zero-order valence-corrected chi connectivity index (χ0v) is 13.5. The molecule has 2 aromatic rings. The highest BCUT2D eigenvalue weighted by Crippen LogP contribution is 2.32. The average Bonchev–Trinajstić information content (AvgIpc) is 3.04. The lowest BCUT2D eigenvalue weighted by atomic mass is 9.96. The van der Waals surface area contributed by atoms with Crippen LogP contribution in [0.1, 0.15) is 32.1 Å².